The maximum Gasteiger partial charge on any atom is 0.207 e. The van der Waals surface area contributed by atoms with Gasteiger partial charge in [0, 0.05) is 21.4 Å². The van der Waals surface area contributed by atoms with Gasteiger partial charge >= 0.3 is 0 Å². The van der Waals surface area contributed by atoms with E-state index in [1.807, 2.05) is 0 Å². The molecule has 0 amide bonds. The third-order valence-electron chi connectivity index (χ3n) is 2.37. The monoisotopic (exact) mass is 486 g/mol. The molecule has 1 rings (SSSR count). The van der Waals surface area contributed by atoms with E-state index in [1.54, 1.807) is 28.7 Å². The Hall–Kier alpha value is 0.920. The minimum Gasteiger partial charge on any atom is -0.385 e. The summed E-state index contributed by atoms with van der Waals surface area (Å²) in [6.07, 6.45) is -1.30. The molecule has 18 heavy (non-hydrogen) atoms. The predicted molar refractivity (Wildman–Crippen MR) is 86.6 cm³/mol. The molecule has 102 valence electrons. The Morgan fingerprint density at radius 1 is 1.50 bits per heavy atom. The highest BCUT2D eigenvalue weighted by Gasteiger charge is 2.45. The van der Waals surface area contributed by atoms with Gasteiger partial charge in [-0.3, -0.25) is 0 Å². The molecule has 0 radical (unpaired) electrons. The van der Waals surface area contributed by atoms with Crippen LogP contribution >= 0.6 is 61.7 Å². The zero-order chi connectivity index (χ0) is 14.1. The number of alkyl halides is 2. The van der Waals surface area contributed by atoms with Crippen LogP contribution in [-0.2, 0) is 9.84 Å². The normalized spacial score (nSPS) is 17.2. The fourth-order valence-electron chi connectivity index (χ4n) is 1.27. The fourth-order valence-corrected chi connectivity index (χ4v) is 4.83. The van der Waals surface area contributed by atoms with E-state index in [-0.39, 0.29) is 10.8 Å². The highest BCUT2D eigenvalue weighted by atomic mass is 127. The van der Waals surface area contributed by atoms with Crippen LogP contribution in [0.3, 0.4) is 0 Å². The van der Waals surface area contributed by atoms with Crippen LogP contribution in [0.4, 0.5) is 0 Å². The molecule has 1 aromatic carbocycles. The number of hydrogen-bond donors (Lipinski definition) is 1. The molecule has 3 nitrogen and oxygen atoms in total. The molecule has 0 aliphatic rings. The first-order chi connectivity index (χ1) is 8.13. The van der Waals surface area contributed by atoms with Crippen molar-refractivity contribution in [1.29, 1.82) is 0 Å². The van der Waals surface area contributed by atoms with E-state index >= 15 is 0 Å². The van der Waals surface area contributed by atoms with E-state index in [9.17, 15) is 13.5 Å². The highest BCUT2D eigenvalue weighted by molar-refractivity contribution is 14.1. The Kier molecular flexibility index (Phi) is 5.78. The van der Waals surface area contributed by atoms with Crippen LogP contribution in [0.15, 0.2) is 18.2 Å². The molecule has 0 bridgehead atoms. The Bertz CT molecular complexity index is 548. The summed E-state index contributed by atoms with van der Waals surface area (Å²) in [5, 5.41) is 10.9. The lowest BCUT2D eigenvalue weighted by Gasteiger charge is -2.27. The van der Waals surface area contributed by atoms with Crippen LogP contribution in [0.25, 0.3) is 0 Å². The Labute approximate surface area is 138 Å². The lowest BCUT2D eigenvalue weighted by Crippen LogP contribution is -2.33. The van der Waals surface area contributed by atoms with Gasteiger partial charge in [0.1, 0.15) is 6.10 Å². The van der Waals surface area contributed by atoms with Crippen LogP contribution in [0.1, 0.15) is 18.6 Å². The summed E-state index contributed by atoms with van der Waals surface area (Å²) in [4.78, 5) is 0. The second-order valence-electron chi connectivity index (χ2n) is 3.53. The average Bonchev–Trinajstić information content (AvgIpc) is 2.28. The van der Waals surface area contributed by atoms with Crippen molar-refractivity contribution in [2.45, 2.75) is 14.7 Å². The summed E-state index contributed by atoms with van der Waals surface area (Å²) in [6.45, 7) is 1.51. The van der Waals surface area contributed by atoms with Gasteiger partial charge in [0.15, 0.2) is 9.84 Å². The van der Waals surface area contributed by atoms with Gasteiger partial charge in [0.25, 0.3) is 0 Å². The summed E-state index contributed by atoms with van der Waals surface area (Å²) < 4.78 is 22.3. The minimum absolute atomic E-state index is 0.0938. The molecule has 0 saturated heterocycles. The van der Waals surface area contributed by atoms with Gasteiger partial charge in [0.05, 0.1) is 0 Å². The number of sulfone groups is 1. The molecule has 0 spiro atoms. The first-order valence-corrected chi connectivity index (χ1v) is 9.14. The number of rotatable bonds is 4. The van der Waals surface area contributed by atoms with Crippen LogP contribution in [0, 0.1) is 0 Å². The van der Waals surface area contributed by atoms with Crippen LogP contribution in [-0.4, -0.2) is 20.9 Å². The minimum atomic E-state index is -3.51. The third kappa shape index (κ3) is 3.32. The summed E-state index contributed by atoms with van der Waals surface area (Å²) in [7, 11) is -3.51. The topological polar surface area (TPSA) is 54.4 Å². The molecule has 0 fully saturated rings. The summed E-state index contributed by atoms with van der Waals surface area (Å²) in [6, 6.07) is 4.51. The largest absolute Gasteiger partial charge is 0.385 e. The van der Waals surface area contributed by atoms with Crippen LogP contribution in [0.2, 0.25) is 10.0 Å². The molecule has 0 saturated carbocycles. The first kappa shape index (κ1) is 17.0. The Morgan fingerprint density at radius 3 is 2.50 bits per heavy atom. The maximum atomic E-state index is 11.9. The molecule has 2 unspecified atom stereocenters. The maximum absolute atomic E-state index is 11.9. The molecular weight excluding hydrogens is 478 g/mol. The molecule has 0 aromatic heterocycles. The predicted octanol–water partition coefficient (Wildman–Crippen LogP) is 3.95. The smallest absolute Gasteiger partial charge is 0.207 e. The van der Waals surface area contributed by atoms with Crippen molar-refractivity contribution < 1.29 is 13.5 Å². The lowest BCUT2D eigenvalue weighted by atomic mass is 10.1. The number of aliphatic hydroxyl groups is 1. The number of benzene rings is 1. The Morgan fingerprint density at radius 2 is 2.06 bits per heavy atom. The van der Waals surface area contributed by atoms with Gasteiger partial charge in [-0.15, -0.1) is 0 Å². The zero-order valence-electron chi connectivity index (χ0n) is 9.20. The van der Waals surface area contributed by atoms with Gasteiger partial charge in [-0.1, -0.05) is 52.1 Å². The van der Waals surface area contributed by atoms with E-state index in [1.165, 1.54) is 19.1 Å². The van der Waals surface area contributed by atoms with Gasteiger partial charge in [-0.2, -0.15) is 0 Å². The van der Waals surface area contributed by atoms with Crippen molar-refractivity contribution in [1.82, 2.24) is 0 Å². The van der Waals surface area contributed by atoms with Crippen LogP contribution in [0.5, 0.6) is 0 Å². The highest BCUT2D eigenvalue weighted by Crippen LogP contribution is 2.46. The number of halogens is 4. The van der Waals surface area contributed by atoms with Crippen molar-refractivity contribution in [2.75, 3.05) is 5.75 Å². The summed E-state index contributed by atoms with van der Waals surface area (Å²) in [5.41, 5.74) is 0.310. The quantitative estimate of drug-likeness (QED) is 0.517. The standard InChI is InChI=1S/C10H10BrCl2IO3S/c1-2-18(16,17)10(11,14)9(15)7-4-3-6(12)5-8(7)13/h3-5,9,15H,2H2,1H3. The molecule has 8 heteroatoms. The average molecular weight is 488 g/mol. The third-order valence-corrected chi connectivity index (χ3v) is 9.26. The fraction of sp³-hybridized carbons (Fsp3) is 0.400. The van der Waals surface area contributed by atoms with E-state index in [4.69, 9.17) is 23.2 Å². The lowest BCUT2D eigenvalue weighted by molar-refractivity contribution is 0.191. The van der Waals surface area contributed by atoms with Crippen molar-refractivity contribution in [3.05, 3.63) is 33.8 Å². The van der Waals surface area contributed by atoms with E-state index in [2.05, 4.69) is 15.9 Å². The van der Waals surface area contributed by atoms with Crippen molar-refractivity contribution in [3.8, 4) is 0 Å². The second kappa shape index (κ2) is 6.13. The van der Waals surface area contributed by atoms with E-state index in [0.29, 0.717) is 10.6 Å². The number of hydrogen-bond acceptors (Lipinski definition) is 3. The van der Waals surface area contributed by atoms with Gasteiger partial charge in [-0.25, -0.2) is 8.42 Å². The van der Waals surface area contributed by atoms with Gasteiger partial charge < -0.3 is 5.11 Å². The van der Waals surface area contributed by atoms with Crippen molar-refractivity contribution in [2.24, 2.45) is 0 Å². The molecule has 0 heterocycles. The Balaban J connectivity index is 3.26. The van der Waals surface area contributed by atoms with Gasteiger partial charge in [-0.05, 0) is 34.7 Å². The molecule has 2 atom stereocenters. The summed E-state index contributed by atoms with van der Waals surface area (Å²) in [5.74, 6) is -0.0938. The molecule has 0 aliphatic heterocycles. The van der Waals surface area contributed by atoms with Gasteiger partial charge in [0.2, 0.25) is 1.66 Å². The zero-order valence-corrected chi connectivity index (χ0v) is 15.3. The molecule has 1 N–H and O–H groups in total. The van der Waals surface area contributed by atoms with Crippen LogP contribution < -0.4 is 0 Å². The van der Waals surface area contributed by atoms with E-state index in [0.717, 1.165) is 0 Å². The molecular formula is C10H10BrCl2IO3S. The summed E-state index contributed by atoms with van der Waals surface area (Å²) >= 11 is 16.5. The molecule has 1 aromatic rings. The van der Waals surface area contributed by atoms with Crippen molar-refractivity contribution in [3.63, 3.8) is 0 Å². The molecule has 0 aliphatic carbocycles. The van der Waals surface area contributed by atoms with Crippen molar-refractivity contribution >= 4 is 71.6 Å². The first-order valence-electron chi connectivity index (χ1n) is 4.86. The number of aliphatic hydroxyl groups excluding tert-OH is 1. The second-order valence-corrected chi connectivity index (χ2v) is 12.5. The SMILES string of the molecule is CCS(=O)(=O)C(Br)(I)C(O)c1ccc(Cl)cc1Cl. The van der Waals surface area contributed by atoms with E-state index < -0.39 is 17.6 Å².